The van der Waals surface area contributed by atoms with E-state index in [9.17, 15) is 28.2 Å². The van der Waals surface area contributed by atoms with Gasteiger partial charge >= 0.3 is 12.1 Å². The lowest BCUT2D eigenvalue weighted by Gasteiger charge is -2.40. The van der Waals surface area contributed by atoms with Crippen LogP contribution in [-0.4, -0.2) is 49.2 Å². The first-order valence-electron chi connectivity index (χ1n) is 14.7. The molecule has 1 saturated heterocycles. The number of aromatic carboxylic acids is 1. The van der Waals surface area contributed by atoms with E-state index in [4.69, 9.17) is 32.5 Å². The summed E-state index contributed by atoms with van der Waals surface area (Å²) in [6.07, 6.45) is -3.26. The number of hydrogen-bond donors (Lipinski definition) is 2. The molecule has 3 aromatic heterocycles. The first kappa shape index (κ1) is 32.1. The van der Waals surface area contributed by atoms with E-state index in [1.165, 1.54) is 18.2 Å². The van der Waals surface area contributed by atoms with E-state index in [0.29, 0.717) is 38.4 Å². The summed E-state index contributed by atoms with van der Waals surface area (Å²) < 4.78 is 56.2. The number of ether oxygens (including phenoxy) is 1. The van der Waals surface area contributed by atoms with Gasteiger partial charge in [-0.3, -0.25) is 0 Å². The third-order valence-electron chi connectivity index (χ3n) is 8.31. The van der Waals surface area contributed by atoms with Crippen molar-refractivity contribution in [1.29, 1.82) is 0 Å². The van der Waals surface area contributed by atoms with E-state index in [0.717, 1.165) is 12.8 Å². The van der Waals surface area contributed by atoms with Crippen molar-refractivity contribution in [3.05, 3.63) is 74.7 Å². The van der Waals surface area contributed by atoms with Gasteiger partial charge in [0.25, 0.3) is 0 Å². The lowest BCUT2D eigenvalue weighted by atomic mass is 9.83. The first-order valence-corrected chi connectivity index (χ1v) is 15.5. The SMILES string of the molecule is CC(C)n1nc(C(=O)O)cc1N1CCC(O)(c2ccc(OCc3c(-c4c(Cl)cccc4Cl)noc3C3CC3)nc2C(F)(F)F)CC1. The van der Waals surface area contributed by atoms with Gasteiger partial charge in [0.2, 0.25) is 5.88 Å². The minimum Gasteiger partial charge on any atom is -0.476 e. The Bertz CT molecular complexity index is 1760. The van der Waals surface area contributed by atoms with Crippen molar-refractivity contribution in [2.75, 3.05) is 18.0 Å². The first-order chi connectivity index (χ1) is 21.8. The Hall–Kier alpha value is -3.81. The number of piperidine rings is 1. The molecular formula is C31H30Cl2F3N5O5. The number of carbonyl (C=O) groups is 1. The summed E-state index contributed by atoms with van der Waals surface area (Å²) in [6, 6.07) is 8.75. The maximum Gasteiger partial charge on any atom is 0.433 e. The fourth-order valence-corrected chi connectivity index (χ4v) is 6.36. The Morgan fingerprint density at radius 1 is 1.15 bits per heavy atom. The van der Waals surface area contributed by atoms with Crippen molar-refractivity contribution < 1.29 is 37.4 Å². The molecule has 10 nitrogen and oxygen atoms in total. The minimum atomic E-state index is -4.89. The van der Waals surface area contributed by atoms with Crippen LogP contribution in [-0.2, 0) is 18.4 Å². The molecular weight excluding hydrogens is 650 g/mol. The highest BCUT2D eigenvalue weighted by molar-refractivity contribution is 6.39. The fourth-order valence-electron chi connectivity index (χ4n) is 5.79. The predicted molar refractivity (Wildman–Crippen MR) is 162 cm³/mol. The molecule has 0 atom stereocenters. The second-order valence-electron chi connectivity index (χ2n) is 11.8. The summed E-state index contributed by atoms with van der Waals surface area (Å²) in [5, 5.41) is 29.9. The van der Waals surface area contributed by atoms with Gasteiger partial charge in [-0.15, -0.1) is 0 Å². The fraction of sp³-hybridized carbons (Fsp3) is 0.419. The number of alkyl halides is 3. The van der Waals surface area contributed by atoms with Crippen molar-refractivity contribution in [3.63, 3.8) is 0 Å². The van der Waals surface area contributed by atoms with Gasteiger partial charge in [0.15, 0.2) is 11.4 Å². The van der Waals surface area contributed by atoms with Gasteiger partial charge < -0.3 is 24.4 Å². The standard InChI is InChI=1S/C31H30Cl2F3N5O5/c1-16(2)41-24(14-22(38-41)29(42)43)40-12-10-30(44,11-13-40)19-8-9-23(37-28(19)31(34,35)36)45-15-18-26(39-46-27(18)17-6-7-17)25-20(32)4-3-5-21(25)33/h3-5,8-9,14,16-17,44H,6-7,10-13,15H2,1-2H3,(H,42,43). The highest BCUT2D eigenvalue weighted by Crippen LogP contribution is 2.47. The third-order valence-corrected chi connectivity index (χ3v) is 8.94. The molecule has 0 bridgehead atoms. The number of rotatable bonds is 9. The Balaban J connectivity index is 1.25. The highest BCUT2D eigenvalue weighted by Gasteiger charge is 2.45. The Morgan fingerprint density at radius 3 is 2.41 bits per heavy atom. The van der Waals surface area contributed by atoms with Crippen LogP contribution in [0, 0.1) is 0 Å². The number of carboxylic acid groups (broad SMARTS) is 1. The van der Waals surface area contributed by atoms with Crippen molar-refractivity contribution >= 4 is 35.0 Å². The summed E-state index contributed by atoms with van der Waals surface area (Å²) >= 11 is 12.8. The second kappa shape index (κ2) is 12.1. The van der Waals surface area contributed by atoms with Gasteiger partial charge in [-0.2, -0.15) is 18.3 Å². The van der Waals surface area contributed by atoms with Crippen LogP contribution in [0.25, 0.3) is 11.3 Å². The molecule has 0 radical (unpaired) electrons. The number of hydrogen-bond acceptors (Lipinski definition) is 8. The predicted octanol–water partition coefficient (Wildman–Crippen LogP) is 7.48. The summed E-state index contributed by atoms with van der Waals surface area (Å²) in [5.41, 5.74) is -2.28. The molecule has 0 amide bonds. The molecule has 1 aromatic carbocycles. The van der Waals surface area contributed by atoms with Crippen LogP contribution in [0.15, 0.2) is 40.9 Å². The van der Waals surface area contributed by atoms with E-state index in [1.54, 1.807) is 22.9 Å². The quantitative estimate of drug-likeness (QED) is 0.185. The molecule has 2 N–H and O–H groups in total. The monoisotopic (exact) mass is 679 g/mol. The number of halogens is 5. The number of anilines is 1. The molecule has 4 aromatic rings. The van der Waals surface area contributed by atoms with Gasteiger partial charge in [0.1, 0.15) is 23.9 Å². The molecule has 0 spiro atoms. The molecule has 46 heavy (non-hydrogen) atoms. The molecule has 4 heterocycles. The largest absolute Gasteiger partial charge is 0.476 e. The minimum absolute atomic E-state index is 0.0585. The molecule has 15 heteroatoms. The lowest BCUT2D eigenvalue weighted by molar-refractivity contribution is -0.145. The van der Waals surface area contributed by atoms with E-state index in [2.05, 4.69) is 15.2 Å². The Kier molecular flexibility index (Phi) is 8.45. The van der Waals surface area contributed by atoms with E-state index in [1.807, 2.05) is 18.7 Å². The van der Waals surface area contributed by atoms with Crippen LogP contribution in [0.2, 0.25) is 10.0 Å². The number of aromatic nitrogens is 4. The highest BCUT2D eigenvalue weighted by atomic mass is 35.5. The summed E-state index contributed by atoms with van der Waals surface area (Å²) in [7, 11) is 0. The van der Waals surface area contributed by atoms with Crippen LogP contribution >= 0.6 is 23.2 Å². The molecule has 6 rings (SSSR count). The molecule has 2 aliphatic rings. The molecule has 0 unspecified atom stereocenters. The topological polar surface area (TPSA) is 127 Å². The Labute approximate surface area is 271 Å². The van der Waals surface area contributed by atoms with Gasteiger partial charge in [0, 0.05) is 48.3 Å². The van der Waals surface area contributed by atoms with Crippen LogP contribution in [0.3, 0.4) is 0 Å². The van der Waals surface area contributed by atoms with Crippen LogP contribution < -0.4 is 9.64 Å². The maximum atomic E-state index is 14.4. The summed E-state index contributed by atoms with van der Waals surface area (Å²) in [5.74, 6) is -0.289. The van der Waals surface area contributed by atoms with Crippen molar-refractivity contribution in [2.45, 2.75) is 69.9 Å². The Morgan fingerprint density at radius 2 is 1.83 bits per heavy atom. The molecule has 1 saturated carbocycles. The maximum absolute atomic E-state index is 14.4. The lowest BCUT2D eigenvalue weighted by Crippen LogP contribution is -2.44. The van der Waals surface area contributed by atoms with Gasteiger partial charge in [-0.1, -0.05) is 34.4 Å². The smallest absolute Gasteiger partial charge is 0.433 e. The van der Waals surface area contributed by atoms with Crippen LogP contribution in [0.5, 0.6) is 5.88 Å². The zero-order valence-electron chi connectivity index (χ0n) is 24.8. The third kappa shape index (κ3) is 6.15. The van der Waals surface area contributed by atoms with E-state index >= 15 is 0 Å². The number of aliphatic hydroxyl groups is 1. The molecule has 1 aliphatic heterocycles. The molecule has 2 fully saturated rings. The zero-order valence-corrected chi connectivity index (χ0v) is 26.3. The van der Waals surface area contributed by atoms with Gasteiger partial charge in [0.05, 0.1) is 21.2 Å². The normalized spacial score (nSPS) is 16.7. The molecule has 1 aliphatic carbocycles. The number of benzene rings is 1. The number of pyridine rings is 1. The van der Waals surface area contributed by atoms with Crippen LogP contribution in [0.1, 0.15) is 84.6 Å². The number of carboxylic acids is 1. The zero-order chi connectivity index (χ0) is 33.0. The van der Waals surface area contributed by atoms with Crippen molar-refractivity contribution in [2.24, 2.45) is 0 Å². The second-order valence-corrected chi connectivity index (χ2v) is 12.6. The van der Waals surface area contributed by atoms with Crippen LogP contribution in [0.4, 0.5) is 19.0 Å². The van der Waals surface area contributed by atoms with E-state index < -0.39 is 23.4 Å². The van der Waals surface area contributed by atoms with Gasteiger partial charge in [-0.25, -0.2) is 14.5 Å². The summed E-state index contributed by atoms with van der Waals surface area (Å²) in [6.45, 7) is 3.81. The van der Waals surface area contributed by atoms with Crippen molar-refractivity contribution in [3.8, 4) is 17.1 Å². The molecule has 244 valence electrons. The van der Waals surface area contributed by atoms with E-state index in [-0.39, 0.29) is 61.6 Å². The average Bonchev–Trinajstić information content (AvgIpc) is 3.59. The number of nitrogens with zero attached hydrogens (tertiary/aromatic N) is 5. The van der Waals surface area contributed by atoms with Crippen molar-refractivity contribution in [1.82, 2.24) is 19.9 Å². The summed E-state index contributed by atoms with van der Waals surface area (Å²) in [4.78, 5) is 17.1. The average molecular weight is 681 g/mol. The van der Waals surface area contributed by atoms with Gasteiger partial charge in [-0.05, 0) is 57.7 Å².